The zero-order valence-electron chi connectivity index (χ0n) is 18.8. The van der Waals surface area contributed by atoms with Gasteiger partial charge in [-0.3, -0.25) is 9.59 Å². The van der Waals surface area contributed by atoms with Crippen LogP contribution in [0, 0.1) is 5.92 Å². The number of carbonyl (C=O) groups is 3. The van der Waals surface area contributed by atoms with Crippen molar-refractivity contribution in [2.45, 2.75) is 37.3 Å². The highest BCUT2D eigenvalue weighted by atomic mass is 16.6. The van der Waals surface area contributed by atoms with Crippen molar-refractivity contribution >= 4 is 18.0 Å². The first-order valence-electron chi connectivity index (χ1n) is 11.8. The molecule has 3 aliphatic rings. The molecule has 2 N–H and O–H groups in total. The van der Waals surface area contributed by atoms with Gasteiger partial charge in [0.05, 0.1) is 12.0 Å². The summed E-state index contributed by atoms with van der Waals surface area (Å²) < 4.78 is 11.3. The summed E-state index contributed by atoms with van der Waals surface area (Å²) in [6.07, 6.45) is 0.0320. The maximum atomic E-state index is 13.0. The molecule has 0 saturated carbocycles. The van der Waals surface area contributed by atoms with Crippen molar-refractivity contribution in [1.82, 2.24) is 10.2 Å². The van der Waals surface area contributed by atoms with Gasteiger partial charge < -0.3 is 24.8 Å². The van der Waals surface area contributed by atoms with E-state index >= 15 is 0 Å². The van der Waals surface area contributed by atoms with Gasteiger partial charge in [0.15, 0.2) is 6.10 Å². The van der Waals surface area contributed by atoms with Crippen LogP contribution < -0.4 is 5.32 Å². The van der Waals surface area contributed by atoms with Crippen LogP contribution in [0.25, 0.3) is 11.1 Å². The van der Waals surface area contributed by atoms with E-state index in [0.717, 1.165) is 22.3 Å². The summed E-state index contributed by atoms with van der Waals surface area (Å²) in [5.41, 5.74) is 4.60. The van der Waals surface area contributed by atoms with Crippen molar-refractivity contribution in [2.24, 2.45) is 5.92 Å². The second-order valence-electron chi connectivity index (χ2n) is 9.09. The van der Waals surface area contributed by atoms with E-state index in [2.05, 4.69) is 29.6 Å². The third kappa shape index (κ3) is 4.25. The summed E-state index contributed by atoms with van der Waals surface area (Å²) in [5, 5.41) is 12.0. The lowest BCUT2D eigenvalue weighted by molar-refractivity contribution is -0.149. The first-order valence-corrected chi connectivity index (χ1v) is 11.8. The van der Waals surface area contributed by atoms with E-state index in [9.17, 15) is 14.4 Å². The number of carboxylic acids is 1. The number of benzene rings is 2. The molecule has 34 heavy (non-hydrogen) atoms. The molecule has 2 saturated heterocycles. The zero-order chi connectivity index (χ0) is 23.7. The average molecular weight is 465 g/mol. The van der Waals surface area contributed by atoms with Gasteiger partial charge in [-0.05, 0) is 41.5 Å². The Bertz CT molecular complexity index is 1050. The Hall–Kier alpha value is -3.39. The van der Waals surface area contributed by atoms with Crippen LogP contribution in [0.15, 0.2) is 48.5 Å². The maximum absolute atomic E-state index is 13.0. The number of amides is 2. The monoisotopic (exact) mass is 464 g/mol. The molecule has 8 heteroatoms. The van der Waals surface area contributed by atoms with Crippen LogP contribution in [0.1, 0.15) is 36.3 Å². The molecule has 0 bridgehead atoms. The van der Waals surface area contributed by atoms with Crippen LogP contribution in [0.3, 0.4) is 0 Å². The Labute approximate surface area is 197 Å². The standard InChI is InChI=1S/C26H28N2O6/c29-24(28-12-9-16(10-13-28)25(30)31)23-22(11-14-33-23)27-26(32)34-15-21-19-7-3-1-5-17(19)18-6-2-4-8-20(18)21/h1-8,16,21-23H,9-15H2,(H,27,32)(H,30,31)/t22-,23+/m0/s1. The molecule has 2 aliphatic heterocycles. The van der Waals surface area contributed by atoms with Crippen molar-refractivity contribution in [2.75, 3.05) is 26.3 Å². The van der Waals surface area contributed by atoms with E-state index in [0.29, 0.717) is 39.0 Å². The number of rotatable bonds is 5. The van der Waals surface area contributed by atoms with Crippen LogP contribution in [-0.4, -0.2) is 66.4 Å². The minimum atomic E-state index is -0.820. The summed E-state index contributed by atoms with van der Waals surface area (Å²) in [4.78, 5) is 38.4. The SMILES string of the molecule is O=C(N[C@H]1CCO[C@H]1C(=O)N1CCC(C(=O)O)CC1)OCC1c2ccccc2-c2ccccc21. The number of likely N-dealkylation sites (tertiary alicyclic amines) is 1. The van der Waals surface area contributed by atoms with Gasteiger partial charge in [-0.25, -0.2) is 4.79 Å². The number of aliphatic carboxylic acids is 1. The first kappa shape index (κ1) is 22.4. The highest BCUT2D eigenvalue weighted by Gasteiger charge is 2.40. The lowest BCUT2D eigenvalue weighted by Crippen LogP contribution is -2.51. The van der Waals surface area contributed by atoms with E-state index in [-0.39, 0.29) is 18.4 Å². The smallest absolute Gasteiger partial charge is 0.407 e. The molecule has 2 atom stereocenters. The van der Waals surface area contributed by atoms with Crippen molar-refractivity contribution in [1.29, 1.82) is 0 Å². The quantitative estimate of drug-likeness (QED) is 0.705. The van der Waals surface area contributed by atoms with Crippen LogP contribution in [0.2, 0.25) is 0 Å². The van der Waals surface area contributed by atoms with Gasteiger partial charge in [0.1, 0.15) is 6.61 Å². The molecule has 0 spiro atoms. The zero-order valence-corrected chi connectivity index (χ0v) is 18.8. The number of fused-ring (bicyclic) bond motifs is 3. The Morgan fingerprint density at radius 3 is 2.21 bits per heavy atom. The third-order valence-electron chi connectivity index (χ3n) is 7.14. The fourth-order valence-electron chi connectivity index (χ4n) is 5.30. The minimum Gasteiger partial charge on any atom is -0.481 e. The normalized spacial score (nSPS) is 22.2. The predicted octanol–water partition coefficient (Wildman–Crippen LogP) is 3.01. The number of carbonyl (C=O) groups excluding carboxylic acids is 2. The Morgan fingerprint density at radius 1 is 0.971 bits per heavy atom. The Kier molecular flexibility index (Phi) is 6.24. The summed E-state index contributed by atoms with van der Waals surface area (Å²) in [5.74, 6) is -1.47. The molecule has 2 aromatic carbocycles. The van der Waals surface area contributed by atoms with E-state index < -0.39 is 30.1 Å². The van der Waals surface area contributed by atoms with Gasteiger partial charge in [-0.2, -0.15) is 0 Å². The minimum absolute atomic E-state index is 0.0362. The molecule has 2 heterocycles. The Morgan fingerprint density at radius 2 is 1.59 bits per heavy atom. The van der Waals surface area contributed by atoms with Crippen molar-refractivity contribution in [3.63, 3.8) is 0 Å². The van der Waals surface area contributed by atoms with Crippen molar-refractivity contribution in [3.8, 4) is 11.1 Å². The number of alkyl carbamates (subject to hydrolysis) is 1. The molecule has 2 aromatic rings. The van der Waals surface area contributed by atoms with Crippen molar-refractivity contribution in [3.05, 3.63) is 59.7 Å². The lowest BCUT2D eigenvalue weighted by Gasteiger charge is -2.33. The molecule has 8 nitrogen and oxygen atoms in total. The molecule has 1 aliphatic carbocycles. The summed E-state index contributed by atoms with van der Waals surface area (Å²) in [7, 11) is 0. The van der Waals surface area contributed by atoms with Crippen LogP contribution in [0.5, 0.6) is 0 Å². The molecule has 0 aromatic heterocycles. The fourth-order valence-corrected chi connectivity index (χ4v) is 5.30. The number of carboxylic acid groups (broad SMARTS) is 1. The van der Waals surface area contributed by atoms with Gasteiger partial charge >= 0.3 is 12.1 Å². The fraction of sp³-hybridized carbons (Fsp3) is 0.423. The summed E-state index contributed by atoms with van der Waals surface area (Å²) in [6, 6.07) is 15.8. The predicted molar refractivity (Wildman–Crippen MR) is 123 cm³/mol. The number of ether oxygens (including phenoxy) is 2. The average Bonchev–Trinajstić information content (AvgIpc) is 3.45. The van der Waals surface area contributed by atoms with Gasteiger partial charge in [0.2, 0.25) is 0 Å². The molecule has 0 radical (unpaired) electrons. The second-order valence-corrected chi connectivity index (χ2v) is 9.09. The van der Waals surface area contributed by atoms with E-state index in [1.165, 1.54) is 0 Å². The number of nitrogens with zero attached hydrogens (tertiary/aromatic N) is 1. The van der Waals surface area contributed by atoms with Crippen LogP contribution >= 0.6 is 0 Å². The number of hydrogen-bond donors (Lipinski definition) is 2. The van der Waals surface area contributed by atoms with Crippen molar-refractivity contribution < 1.29 is 29.0 Å². The van der Waals surface area contributed by atoms with E-state index in [1.54, 1.807) is 4.90 Å². The molecule has 178 valence electrons. The Balaban J connectivity index is 1.18. The third-order valence-corrected chi connectivity index (χ3v) is 7.14. The second kappa shape index (κ2) is 9.46. The highest BCUT2D eigenvalue weighted by Crippen LogP contribution is 2.44. The number of hydrogen-bond acceptors (Lipinski definition) is 5. The van der Waals surface area contributed by atoms with E-state index in [1.807, 2.05) is 24.3 Å². The molecular formula is C26H28N2O6. The van der Waals surface area contributed by atoms with Gasteiger partial charge in [-0.1, -0.05) is 48.5 Å². The van der Waals surface area contributed by atoms with E-state index in [4.69, 9.17) is 14.6 Å². The van der Waals surface area contributed by atoms with Gasteiger partial charge in [0, 0.05) is 25.6 Å². The maximum Gasteiger partial charge on any atom is 0.407 e. The van der Waals surface area contributed by atoms with Gasteiger partial charge in [-0.15, -0.1) is 0 Å². The molecule has 2 amide bonds. The van der Waals surface area contributed by atoms with Crippen LogP contribution in [-0.2, 0) is 19.1 Å². The largest absolute Gasteiger partial charge is 0.481 e. The topological polar surface area (TPSA) is 105 Å². The van der Waals surface area contributed by atoms with Crippen LogP contribution in [0.4, 0.5) is 4.79 Å². The summed E-state index contributed by atoms with van der Waals surface area (Å²) in [6.45, 7) is 1.34. The first-order chi connectivity index (χ1) is 16.5. The van der Waals surface area contributed by atoms with Gasteiger partial charge in [0.25, 0.3) is 5.91 Å². The molecular weight excluding hydrogens is 436 g/mol. The highest BCUT2D eigenvalue weighted by molar-refractivity contribution is 5.83. The molecule has 5 rings (SSSR count). The number of piperidine rings is 1. The lowest BCUT2D eigenvalue weighted by atomic mass is 9.96. The number of nitrogens with one attached hydrogen (secondary N) is 1. The molecule has 0 unspecified atom stereocenters. The summed E-state index contributed by atoms with van der Waals surface area (Å²) >= 11 is 0. The molecule has 2 fully saturated rings.